The van der Waals surface area contributed by atoms with E-state index in [2.05, 4.69) is 5.10 Å². The number of carbonyl (C=O) groups excluding carboxylic acids is 2. The molecule has 0 saturated heterocycles. The van der Waals surface area contributed by atoms with E-state index in [9.17, 15) is 9.59 Å². The summed E-state index contributed by atoms with van der Waals surface area (Å²) in [5.74, 6) is 0.100. The van der Waals surface area contributed by atoms with Crippen molar-refractivity contribution in [3.05, 3.63) is 60.1 Å². The second kappa shape index (κ2) is 7.15. The largest absolute Gasteiger partial charge is 0.469 e. The van der Waals surface area contributed by atoms with E-state index in [-0.39, 0.29) is 12.3 Å². The van der Waals surface area contributed by atoms with Crippen LogP contribution in [0.2, 0.25) is 0 Å². The van der Waals surface area contributed by atoms with Gasteiger partial charge in [-0.05, 0) is 38.5 Å². The van der Waals surface area contributed by atoms with Crippen LogP contribution in [-0.2, 0) is 9.53 Å². The minimum Gasteiger partial charge on any atom is -0.469 e. The van der Waals surface area contributed by atoms with E-state index in [0.717, 1.165) is 10.6 Å². The molecule has 1 aliphatic rings. The predicted molar refractivity (Wildman–Crippen MR) is 96.7 cm³/mol. The van der Waals surface area contributed by atoms with Gasteiger partial charge in [-0.2, -0.15) is 5.10 Å². The van der Waals surface area contributed by atoms with Gasteiger partial charge in [0.2, 0.25) is 0 Å². The topological polar surface area (TPSA) is 72.1 Å². The van der Waals surface area contributed by atoms with Crippen molar-refractivity contribution in [2.24, 2.45) is 5.10 Å². The summed E-state index contributed by atoms with van der Waals surface area (Å²) in [6.45, 7) is 5.25. The highest BCUT2D eigenvalue weighted by atomic mass is 16.6. The summed E-state index contributed by atoms with van der Waals surface area (Å²) in [7, 11) is 0. The van der Waals surface area contributed by atoms with E-state index < -0.39 is 17.6 Å². The number of benzene rings is 1. The molecule has 2 aromatic rings. The number of hydrogen-bond acceptors (Lipinski definition) is 5. The Bertz CT molecular complexity index is 804. The van der Waals surface area contributed by atoms with Crippen LogP contribution in [-0.4, -0.2) is 28.3 Å². The standard InChI is InChI=1S/C20H22N2O4/c1-20(2,3)26-19(24)22-18(23)13-15(17-10-7-11-25-17)12-16(21-22)14-8-5-4-6-9-14/h4-11,15H,12-13H2,1-3H3/t15-/m0/s1. The highest BCUT2D eigenvalue weighted by Gasteiger charge is 2.34. The van der Waals surface area contributed by atoms with Crippen LogP contribution in [0.15, 0.2) is 58.2 Å². The molecular weight excluding hydrogens is 332 g/mol. The van der Waals surface area contributed by atoms with Gasteiger partial charge >= 0.3 is 6.09 Å². The van der Waals surface area contributed by atoms with Gasteiger partial charge in [-0.15, -0.1) is 5.01 Å². The van der Waals surface area contributed by atoms with Crippen LogP contribution >= 0.6 is 0 Å². The number of carbonyl (C=O) groups is 2. The lowest BCUT2D eigenvalue weighted by Crippen LogP contribution is -2.37. The van der Waals surface area contributed by atoms with Crippen molar-refractivity contribution in [2.75, 3.05) is 0 Å². The fourth-order valence-corrected chi connectivity index (χ4v) is 2.80. The summed E-state index contributed by atoms with van der Waals surface area (Å²) >= 11 is 0. The Morgan fingerprint density at radius 3 is 2.50 bits per heavy atom. The molecule has 1 aliphatic heterocycles. The van der Waals surface area contributed by atoms with Gasteiger partial charge in [0.25, 0.3) is 5.91 Å². The fourth-order valence-electron chi connectivity index (χ4n) is 2.80. The quantitative estimate of drug-likeness (QED) is 0.805. The smallest absolute Gasteiger partial charge is 0.438 e. The number of furan rings is 1. The van der Waals surface area contributed by atoms with Crippen LogP contribution in [0.25, 0.3) is 0 Å². The Morgan fingerprint density at radius 1 is 1.15 bits per heavy atom. The van der Waals surface area contributed by atoms with Crippen molar-refractivity contribution >= 4 is 17.7 Å². The molecule has 0 fully saturated rings. The molecule has 2 amide bonds. The first-order chi connectivity index (χ1) is 12.3. The average Bonchev–Trinajstić information content (AvgIpc) is 3.05. The van der Waals surface area contributed by atoms with E-state index in [1.807, 2.05) is 36.4 Å². The molecule has 1 aromatic heterocycles. The lowest BCUT2D eigenvalue weighted by molar-refractivity contribution is -0.130. The summed E-state index contributed by atoms with van der Waals surface area (Å²) in [6, 6.07) is 13.1. The molecule has 6 heteroatoms. The molecular formula is C20H22N2O4. The van der Waals surface area contributed by atoms with Gasteiger partial charge < -0.3 is 9.15 Å². The van der Waals surface area contributed by atoms with Crippen LogP contribution in [0.1, 0.15) is 50.9 Å². The first-order valence-electron chi connectivity index (χ1n) is 8.56. The molecule has 0 unspecified atom stereocenters. The van der Waals surface area contributed by atoms with Crippen LogP contribution in [0.5, 0.6) is 0 Å². The summed E-state index contributed by atoms with van der Waals surface area (Å²) in [5, 5.41) is 5.20. The van der Waals surface area contributed by atoms with Crippen LogP contribution in [0, 0.1) is 0 Å². The average molecular weight is 354 g/mol. The van der Waals surface area contributed by atoms with Crippen molar-refractivity contribution in [1.82, 2.24) is 5.01 Å². The number of ether oxygens (including phenoxy) is 1. The molecule has 2 heterocycles. The first-order valence-corrected chi connectivity index (χ1v) is 8.56. The van der Waals surface area contributed by atoms with E-state index in [1.165, 1.54) is 0 Å². The Labute approximate surface area is 152 Å². The molecule has 0 saturated carbocycles. The monoisotopic (exact) mass is 354 g/mol. The van der Waals surface area contributed by atoms with Crippen molar-refractivity contribution in [3.63, 3.8) is 0 Å². The number of imide groups is 1. The number of amides is 2. The number of hydrazone groups is 1. The summed E-state index contributed by atoms with van der Waals surface area (Å²) in [6.07, 6.45) is 1.42. The van der Waals surface area contributed by atoms with Gasteiger partial charge in [0, 0.05) is 18.8 Å². The van der Waals surface area contributed by atoms with Crippen molar-refractivity contribution in [2.45, 2.75) is 45.1 Å². The third kappa shape index (κ3) is 4.20. The Morgan fingerprint density at radius 2 is 1.88 bits per heavy atom. The highest BCUT2D eigenvalue weighted by molar-refractivity contribution is 6.04. The maximum absolute atomic E-state index is 12.7. The lowest BCUT2D eigenvalue weighted by atomic mass is 9.93. The minimum atomic E-state index is -0.768. The van der Waals surface area contributed by atoms with Gasteiger partial charge in [-0.3, -0.25) is 4.79 Å². The number of nitrogens with zero attached hydrogens (tertiary/aromatic N) is 2. The number of rotatable bonds is 2. The molecule has 26 heavy (non-hydrogen) atoms. The second-order valence-electron chi connectivity index (χ2n) is 7.22. The van der Waals surface area contributed by atoms with Gasteiger partial charge in [0.15, 0.2) is 0 Å². The highest BCUT2D eigenvalue weighted by Crippen LogP contribution is 2.30. The zero-order valence-electron chi connectivity index (χ0n) is 15.1. The lowest BCUT2D eigenvalue weighted by Gasteiger charge is -2.23. The maximum atomic E-state index is 12.7. The molecule has 136 valence electrons. The fraction of sp³-hybridized carbons (Fsp3) is 0.350. The zero-order chi connectivity index (χ0) is 18.7. The first kappa shape index (κ1) is 17.9. The van der Waals surface area contributed by atoms with Gasteiger partial charge in [0.05, 0.1) is 12.0 Å². The summed E-state index contributed by atoms with van der Waals surface area (Å²) < 4.78 is 10.8. The van der Waals surface area contributed by atoms with Crippen LogP contribution in [0.4, 0.5) is 4.79 Å². The van der Waals surface area contributed by atoms with Crippen molar-refractivity contribution in [1.29, 1.82) is 0 Å². The molecule has 0 aliphatic carbocycles. The summed E-state index contributed by atoms with van der Waals surface area (Å²) in [4.78, 5) is 25.2. The second-order valence-corrected chi connectivity index (χ2v) is 7.22. The molecule has 3 rings (SSSR count). The van der Waals surface area contributed by atoms with Crippen LogP contribution < -0.4 is 0 Å². The van der Waals surface area contributed by atoms with E-state index in [4.69, 9.17) is 9.15 Å². The Kier molecular flexibility index (Phi) is 4.93. The molecule has 1 aromatic carbocycles. The third-order valence-electron chi connectivity index (χ3n) is 3.94. The third-order valence-corrected chi connectivity index (χ3v) is 3.94. The normalized spacial score (nSPS) is 18.3. The minimum absolute atomic E-state index is 0.118. The van der Waals surface area contributed by atoms with Crippen molar-refractivity contribution < 1.29 is 18.7 Å². The van der Waals surface area contributed by atoms with E-state index in [1.54, 1.807) is 33.1 Å². The van der Waals surface area contributed by atoms with Crippen molar-refractivity contribution in [3.8, 4) is 0 Å². The molecule has 0 bridgehead atoms. The number of hydrogen-bond donors (Lipinski definition) is 0. The van der Waals surface area contributed by atoms with Gasteiger partial charge in [-0.25, -0.2) is 4.79 Å². The molecule has 6 nitrogen and oxygen atoms in total. The Hall–Kier alpha value is -2.89. The molecule has 1 atom stereocenters. The van der Waals surface area contributed by atoms with Gasteiger partial charge in [0.1, 0.15) is 11.4 Å². The molecule has 0 spiro atoms. The van der Waals surface area contributed by atoms with Gasteiger partial charge in [-0.1, -0.05) is 30.3 Å². The Balaban J connectivity index is 1.97. The maximum Gasteiger partial charge on any atom is 0.438 e. The molecule has 0 radical (unpaired) electrons. The molecule has 0 N–H and O–H groups in total. The predicted octanol–water partition coefficient (Wildman–Crippen LogP) is 4.33. The summed E-state index contributed by atoms with van der Waals surface area (Å²) in [5.41, 5.74) is 0.781. The SMILES string of the molecule is CC(C)(C)OC(=O)N1N=C(c2ccccc2)C[C@H](c2ccco2)CC1=O. The van der Waals surface area contributed by atoms with E-state index in [0.29, 0.717) is 17.9 Å². The van der Waals surface area contributed by atoms with Crippen LogP contribution in [0.3, 0.4) is 0 Å². The zero-order valence-corrected chi connectivity index (χ0v) is 15.1. The van der Waals surface area contributed by atoms with E-state index >= 15 is 0 Å².